The summed E-state index contributed by atoms with van der Waals surface area (Å²) in [6, 6.07) is 11.9. The number of hydrogen-bond acceptors (Lipinski definition) is 3. The zero-order valence-electron chi connectivity index (χ0n) is 12.7. The number of carbonyl (C=O) groups excluding carboxylic acids is 1. The third kappa shape index (κ3) is 3.37. The summed E-state index contributed by atoms with van der Waals surface area (Å²) >= 11 is 0. The topological polar surface area (TPSA) is 75.6 Å². The molecular weight excluding hydrogens is 313 g/mol. The monoisotopic (exact) mass is 329 g/mol. The second-order valence-electron chi connectivity index (χ2n) is 5.61. The smallest absolute Gasteiger partial charge is 0.305 e. The number of ether oxygens (including phenoxy) is 1. The Balaban J connectivity index is 1.79. The highest BCUT2D eigenvalue weighted by Crippen LogP contribution is 2.34. The van der Waals surface area contributed by atoms with Crippen LogP contribution in [0.2, 0.25) is 0 Å². The maximum absolute atomic E-state index is 13.1. The number of para-hydroxylation sites is 1. The fourth-order valence-corrected chi connectivity index (χ4v) is 2.77. The minimum absolute atomic E-state index is 0.217. The average molecular weight is 329 g/mol. The summed E-state index contributed by atoms with van der Waals surface area (Å²) in [7, 11) is 0. The lowest BCUT2D eigenvalue weighted by molar-refractivity contribution is -0.137. The molecule has 2 N–H and O–H groups in total. The second kappa shape index (κ2) is 6.70. The van der Waals surface area contributed by atoms with Crippen molar-refractivity contribution in [2.75, 3.05) is 6.61 Å². The van der Waals surface area contributed by atoms with Crippen molar-refractivity contribution in [2.45, 2.75) is 18.4 Å². The van der Waals surface area contributed by atoms with Crippen LogP contribution in [-0.4, -0.2) is 23.6 Å². The molecule has 5 nitrogen and oxygen atoms in total. The quantitative estimate of drug-likeness (QED) is 0.884. The Kier molecular flexibility index (Phi) is 4.46. The molecule has 0 aliphatic carbocycles. The molecule has 0 fully saturated rings. The summed E-state index contributed by atoms with van der Waals surface area (Å²) in [6.07, 6.45) is -0.285. The molecule has 1 amide bonds. The Labute approximate surface area is 138 Å². The van der Waals surface area contributed by atoms with Crippen molar-refractivity contribution >= 4 is 11.9 Å². The van der Waals surface area contributed by atoms with Crippen molar-refractivity contribution in [3.63, 3.8) is 0 Å². The van der Waals surface area contributed by atoms with E-state index in [1.165, 1.54) is 24.3 Å². The molecule has 2 aromatic carbocycles. The van der Waals surface area contributed by atoms with Crippen LogP contribution in [0, 0.1) is 5.82 Å². The van der Waals surface area contributed by atoms with Gasteiger partial charge in [0.1, 0.15) is 24.1 Å². The van der Waals surface area contributed by atoms with Crippen molar-refractivity contribution in [3.8, 4) is 5.75 Å². The summed E-state index contributed by atoms with van der Waals surface area (Å²) in [5.41, 5.74) is 1.32. The molecule has 1 aliphatic heterocycles. The highest BCUT2D eigenvalue weighted by molar-refractivity contribution is 5.86. The molecule has 0 aromatic heterocycles. The number of nitrogens with one attached hydrogen (secondary N) is 1. The zero-order chi connectivity index (χ0) is 17.1. The molecular formula is C18H16FNO4. The van der Waals surface area contributed by atoms with Crippen molar-refractivity contribution in [3.05, 3.63) is 65.5 Å². The van der Waals surface area contributed by atoms with Crippen LogP contribution in [-0.2, 0) is 9.59 Å². The second-order valence-corrected chi connectivity index (χ2v) is 5.61. The van der Waals surface area contributed by atoms with Gasteiger partial charge >= 0.3 is 5.97 Å². The number of hydrogen-bond donors (Lipinski definition) is 2. The molecule has 0 spiro atoms. The van der Waals surface area contributed by atoms with E-state index in [4.69, 9.17) is 9.84 Å². The van der Waals surface area contributed by atoms with E-state index in [0.29, 0.717) is 11.3 Å². The molecule has 0 unspecified atom stereocenters. The van der Waals surface area contributed by atoms with Crippen LogP contribution in [0.25, 0.3) is 0 Å². The molecule has 0 bridgehead atoms. The van der Waals surface area contributed by atoms with E-state index in [-0.39, 0.29) is 18.9 Å². The van der Waals surface area contributed by atoms with Gasteiger partial charge in [0, 0.05) is 5.56 Å². The standard InChI is InChI=1S/C18H16FNO4/c19-12-7-5-11(6-8-12)15(9-17(21)22)20-18(23)14-10-24-16-4-2-1-3-13(14)16/h1-8,14-15H,9-10H2,(H,20,23)(H,21,22)/t14-,15-/m0/s1. The van der Waals surface area contributed by atoms with Crippen LogP contribution in [0.4, 0.5) is 4.39 Å². The molecule has 1 aliphatic rings. The fraction of sp³-hybridized carbons (Fsp3) is 0.222. The average Bonchev–Trinajstić information content (AvgIpc) is 2.98. The summed E-state index contributed by atoms with van der Waals surface area (Å²) in [4.78, 5) is 23.7. The van der Waals surface area contributed by atoms with Gasteiger partial charge in [-0.15, -0.1) is 0 Å². The molecule has 2 aromatic rings. The molecule has 0 saturated heterocycles. The first-order valence-corrected chi connectivity index (χ1v) is 7.54. The van der Waals surface area contributed by atoms with Gasteiger partial charge in [-0.2, -0.15) is 0 Å². The number of amides is 1. The Morgan fingerprint density at radius 2 is 1.92 bits per heavy atom. The molecule has 0 saturated carbocycles. The summed E-state index contributed by atoms with van der Waals surface area (Å²) < 4.78 is 18.6. The van der Waals surface area contributed by atoms with Crippen molar-refractivity contribution < 1.29 is 23.8 Å². The lowest BCUT2D eigenvalue weighted by Crippen LogP contribution is -2.34. The number of benzene rings is 2. The number of carbonyl (C=O) groups is 2. The van der Waals surface area contributed by atoms with Gasteiger partial charge in [-0.1, -0.05) is 30.3 Å². The molecule has 0 radical (unpaired) electrons. The predicted molar refractivity (Wildman–Crippen MR) is 84.2 cm³/mol. The Bertz CT molecular complexity index is 760. The first-order chi connectivity index (χ1) is 11.5. The first kappa shape index (κ1) is 16.0. The van der Waals surface area contributed by atoms with E-state index >= 15 is 0 Å². The van der Waals surface area contributed by atoms with Gasteiger partial charge in [0.25, 0.3) is 0 Å². The van der Waals surface area contributed by atoms with Gasteiger partial charge in [-0.3, -0.25) is 9.59 Å². The summed E-state index contributed by atoms with van der Waals surface area (Å²) in [5, 5.41) is 11.8. The summed E-state index contributed by atoms with van der Waals surface area (Å²) in [5.74, 6) is -1.60. The third-order valence-electron chi connectivity index (χ3n) is 3.98. The molecule has 124 valence electrons. The number of rotatable bonds is 5. The van der Waals surface area contributed by atoms with Crippen molar-refractivity contribution in [2.24, 2.45) is 0 Å². The van der Waals surface area contributed by atoms with Gasteiger partial charge < -0.3 is 15.2 Å². The van der Waals surface area contributed by atoms with E-state index in [2.05, 4.69) is 5.32 Å². The zero-order valence-corrected chi connectivity index (χ0v) is 12.7. The van der Waals surface area contributed by atoms with Crippen molar-refractivity contribution in [1.29, 1.82) is 0 Å². The lowest BCUT2D eigenvalue weighted by Gasteiger charge is -2.19. The van der Waals surface area contributed by atoms with Gasteiger partial charge in [0.15, 0.2) is 0 Å². The molecule has 6 heteroatoms. The minimum Gasteiger partial charge on any atom is -0.492 e. The van der Waals surface area contributed by atoms with Gasteiger partial charge in [-0.25, -0.2) is 4.39 Å². The number of fused-ring (bicyclic) bond motifs is 1. The lowest BCUT2D eigenvalue weighted by atomic mass is 9.98. The highest BCUT2D eigenvalue weighted by atomic mass is 19.1. The molecule has 1 heterocycles. The Hall–Kier alpha value is -2.89. The number of halogens is 1. The van der Waals surface area contributed by atoms with Crippen molar-refractivity contribution in [1.82, 2.24) is 5.32 Å². The molecule has 2 atom stereocenters. The number of carboxylic acids is 1. The Morgan fingerprint density at radius 3 is 2.62 bits per heavy atom. The van der Waals surface area contributed by atoms with Crippen LogP contribution in [0.3, 0.4) is 0 Å². The SMILES string of the molecule is O=C(O)C[C@H](NC(=O)[C@H]1COc2ccccc21)c1ccc(F)cc1. The minimum atomic E-state index is -1.05. The predicted octanol–water partition coefficient (Wildman–Crippen LogP) is 2.63. The van der Waals surface area contributed by atoms with Crippen LogP contribution < -0.4 is 10.1 Å². The number of aliphatic carboxylic acids is 1. The normalized spacial score (nSPS) is 16.8. The van der Waals surface area contributed by atoms with E-state index in [1.54, 1.807) is 6.07 Å². The first-order valence-electron chi connectivity index (χ1n) is 7.54. The Morgan fingerprint density at radius 1 is 1.21 bits per heavy atom. The number of carboxylic acid groups (broad SMARTS) is 1. The maximum Gasteiger partial charge on any atom is 0.305 e. The molecule has 3 rings (SSSR count). The van der Waals surface area contributed by atoms with E-state index in [9.17, 15) is 14.0 Å². The van der Waals surface area contributed by atoms with Gasteiger partial charge in [-0.05, 0) is 23.8 Å². The third-order valence-corrected chi connectivity index (χ3v) is 3.98. The van der Waals surface area contributed by atoms with Crippen LogP contribution in [0.1, 0.15) is 29.5 Å². The van der Waals surface area contributed by atoms with Crippen LogP contribution >= 0.6 is 0 Å². The summed E-state index contributed by atoms with van der Waals surface area (Å²) in [6.45, 7) is 0.217. The molecule has 24 heavy (non-hydrogen) atoms. The van der Waals surface area contributed by atoms with E-state index in [1.807, 2.05) is 18.2 Å². The van der Waals surface area contributed by atoms with Gasteiger partial charge in [0.2, 0.25) is 5.91 Å². The van der Waals surface area contributed by atoms with Gasteiger partial charge in [0.05, 0.1) is 12.5 Å². The van der Waals surface area contributed by atoms with E-state index in [0.717, 1.165) is 5.56 Å². The van der Waals surface area contributed by atoms with Crippen LogP contribution in [0.15, 0.2) is 48.5 Å². The van der Waals surface area contributed by atoms with E-state index < -0.39 is 23.7 Å². The largest absolute Gasteiger partial charge is 0.492 e. The highest BCUT2D eigenvalue weighted by Gasteiger charge is 2.31. The van der Waals surface area contributed by atoms with Crippen LogP contribution in [0.5, 0.6) is 5.75 Å². The fourth-order valence-electron chi connectivity index (χ4n) is 2.77. The maximum atomic E-state index is 13.1.